The largest absolute Gasteiger partial charge is 0.367 e. The maximum absolute atomic E-state index is 13.2. The highest BCUT2D eigenvalue weighted by Crippen LogP contribution is 2.47. The van der Waals surface area contributed by atoms with E-state index in [1.54, 1.807) is 0 Å². The third-order valence-electron chi connectivity index (χ3n) is 6.55. The van der Waals surface area contributed by atoms with Crippen LogP contribution in [-0.2, 0) is 12.0 Å². The molecule has 0 atom stereocenters. The summed E-state index contributed by atoms with van der Waals surface area (Å²) in [6, 6.07) is 8.27. The molecule has 33 heavy (non-hydrogen) atoms. The molecule has 3 heterocycles. The van der Waals surface area contributed by atoms with Gasteiger partial charge in [0.05, 0.1) is 17.3 Å². The molecule has 1 saturated heterocycles. The van der Waals surface area contributed by atoms with Crippen LogP contribution in [0.15, 0.2) is 41.2 Å². The topological polar surface area (TPSA) is 96.2 Å². The first-order valence-corrected chi connectivity index (χ1v) is 11.3. The Labute approximate surface area is 191 Å². The molecule has 1 saturated carbocycles. The summed E-state index contributed by atoms with van der Waals surface area (Å²) in [5.74, 6) is -0.299. The molecule has 2 aliphatic rings. The number of benzene rings is 1. The number of hydrogen-bond donors (Lipinski definition) is 2. The predicted molar refractivity (Wildman–Crippen MR) is 122 cm³/mol. The van der Waals surface area contributed by atoms with E-state index in [9.17, 15) is 9.18 Å². The zero-order valence-corrected chi connectivity index (χ0v) is 18.6. The molecule has 0 bridgehead atoms. The zero-order chi connectivity index (χ0) is 22.8. The van der Waals surface area contributed by atoms with Gasteiger partial charge in [-0.3, -0.25) is 9.78 Å². The molecule has 8 nitrogen and oxygen atoms in total. The van der Waals surface area contributed by atoms with E-state index in [1.807, 2.05) is 31.5 Å². The highest BCUT2D eigenvalue weighted by molar-refractivity contribution is 5.89. The first kappa shape index (κ1) is 21.5. The lowest BCUT2D eigenvalue weighted by molar-refractivity contribution is 0.0907. The molecule has 1 aliphatic heterocycles. The van der Waals surface area contributed by atoms with Gasteiger partial charge in [0.25, 0.3) is 0 Å². The number of pyridine rings is 1. The van der Waals surface area contributed by atoms with E-state index < -0.39 is 18.0 Å². The summed E-state index contributed by atoms with van der Waals surface area (Å²) in [4.78, 5) is 23.3. The minimum absolute atomic E-state index is 0.128. The van der Waals surface area contributed by atoms with E-state index in [4.69, 9.17) is 4.52 Å². The lowest BCUT2D eigenvalue weighted by Gasteiger charge is -2.31. The Kier molecular flexibility index (Phi) is 5.80. The third kappa shape index (κ3) is 4.32. The Morgan fingerprint density at radius 3 is 2.82 bits per heavy atom. The summed E-state index contributed by atoms with van der Waals surface area (Å²) in [6.07, 6.45) is 5.11. The van der Waals surface area contributed by atoms with Crippen molar-refractivity contribution in [2.24, 2.45) is 0 Å². The maximum Gasteiger partial charge on any atom is 0.315 e. The monoisotopic (exact) mass is 450 g/mol. The Hall–Kier alpha value is -3.33. The number of rotatable bonds is 7. The summed E-state index contributed by atoms with van der Waals surface area (Å²) in [5.41, 5.74) is 4.80. The van der Waals surface area contributed by atoms with E-state index in [0.717, 1.165) is 54.1 Å². The van der Waals surface area contributed by atoms with Gasteiger partial charge in [-0.05, 0) is 42.5 Å². The van der Waals surface area contributed by atoms with Crippen molar-refractivity contribution in [2.75, 3.05) is 37.8 Å². The van der Waals surface area contributed by atoms with Gasteiger partial charge in [0, 0.05) is 44.5 Å². The number of anilines is 1. The summed E-state index contributed by atoms with van der Waals surface area (Å²) < 4.78 is 18.3. The molecule has 2 N–H and O–H groups in total. The number of carbonyl (C=O) groups is 1. The van der Waals surface area contributed by atoms with Crippen LogP contribution in [0.5, 0.6) is 0 Å². The average Bonchev–Trinajstić information content (AvgIpc) is 3.50. The SMILES string of the molecule is Cc1cc(-c2ccncc2N2CCNCC2)ccc1CNC(=O)c1nc(C2(CF)CC2)no1. The number of nitrogens with zero attached hydrogens (tertiary/aromatic N) is 4. The number of amides is 1. The van der Waals surface area contributed by atoms with Crippen LogP contribution in [0.25, 0.3) is 11.1 Å². The first-order chi connectivity index (χ1) is 16.1. The van der Waals surface area contributed by atoms with Gasteiger partial charge >= 0.3 is 11.8 Å². The van der Waals surface area contributed by atoms with Crippen molar-refractivity contribution in [2.45, 2.75) is 31.7 Å². The van der Waals surface area contributed by atoms with Gasteiger partial charge in [-0.15, -0.1) is 0 Å². The normalized spacial score (nSPS) is 17.1. The molecular formula is C24H27FN6O2. The molecule has 2 fully saturated rings. The predicted octanol–water partition coefficient (Wildman–Crippen LogP) is 2.78. The van der Waals surface area contributed by atoms with Crippen LogP contribution in [0.1, 0.15) is 40.5 Å². The minimum atomic E-state index is -0.648. The third-order valence-corrected chi connectivity index (χ3v) is 6.55. The van der Waals surface area contributed by atoms with Crippen molar-refractivity contribution in [3.8, 4) is 11.1 Å². The number of carbonyl (C=O) groups excluding carboxylic acids is 1. The second-order valence-corrected chi connectivity index (χ2v) is 8.79. The van der Waals surface area contributed by atoms with Crippen molar-refractivity contribution in [3.05, 3.63) is 59.5 Å². The number of nitrogens with one attached hydrogen (secondary N) is 2. The van der Waals surface area contributed by atoms with Gasteiger partial charge in [0.2, 0.25) is 0 Å². The van der Waals surface area contributed by atoms with Crippen LogP contribution in [-0.4, -0.2) is 53.9 Å². The highest BCUT2D eigenvalue weighted by atomic mass is 19.1. The van der Waals surface area contributed by atoms with E-state index >= 15 is 0 Å². The van der Waals surface area contributed by atoms with Crippen LogP contribution in [0, 0.1) is 6.92 Å². The number of alkyl halides is 1. The number of aryl methyl sites for hydroxylation is 1. The Morgan fingerprint density at radius 2 is 2.09 bits per heavy atom. The van der Waals surface area contributed by atoms with Crippen molar-refractivity contribution in [1.29, 1.82) is 0 Å². The van der Waals surface area contributed by atoms with Gasteiger partial charge < -0.3 is 20.1 Å². The molecule has 172 valence electrons. The van der Waals surface area contributed by atoms with Gasteiger partial charge in [-0.1, -0.05) is 23.4 Å². The molecule has 0 unspecified atom stereocenters. The van der Waals surface area contributed by atoms with E-state index in [0.29, 0.717) is 19.4 Å². The quantitative estimate of drug-likeness (QED) is 0.571. The second kappa shape index (κ2) is 8.90. The van der Waals surface area contributed by atoms with E-state index in [1.165, 1.54) is 0 Å². The van der Waals surface area contributed by atoms with Crippen molar-refractivity contribution in [3.63, 3.8) is 0 Å². The van der Waals surface area contributed by atoms with Crippen LogP contribution in [0.2, 0.25) is 0 Å². The highest BCUT2D eigenvalue weighted by Gasteiger charge is 2.49. The number of piperazine rings is 1. The fourth-order valence-electron chi connectivity index (χ4n) is 4.20. The van der Waals surface area contributed by atoms with E-state index in [-0.39, 0.29) is 11.7 Å². The summed E-state index contributed by atoms with van der Waals surface area (Å²) in [7, 11) is 0. The molecule has 2 aromatic heterocycles. The zero-order valence-electron chi connectivity index (χ0n) is 18.6. The van der Waals surface area contributed by atoms with Gasteiger partial charge in [-0.25, -0.2) is 4.39 Å². The van der Waals surface area contributed by atoms with Crippen molar-refractivity contribution in [1.82, 2.24) is 25.8 Å². The molecule has 9 heteroatoms. The molecule has 5 rings (SSSR count). The summed E-state index contributed by atoms with van der Waals surface area (Å²) in [5, 5.41) is 10.0. The standard InChI is InChI=1S/C24H27FN6O2/c1-16-12-17(19-4-7-27-14-20(19)31-10-8-26-9-11-31)2-3-18(16)13-28-21(32)22-29-23(30-33-22)24(15-25)5-6-24/h2-4,7,12,14,26H,5-6,8-11,13,15H2,1H3,(H,28,32). The van der Waals surface area contributed by atoms with Gasteiger partial charge in [0.15, 0.2) is 5.82 Å². The second-order valence-electron chi connectivity index (χ2n) is 8.79. The smallest absolute Gasteiger partial charge is 0.315 e. The van der Waals surface area contributed by atoms with Crippen molar-refractivity contribution >= 4 is 11.6 Å². The fraction of sp³-hybridized carbons (Fsp3) is 0.417. The van der Waals surface area contributed by atoms with Gasteiger partial charge in [-0.2, -0.15) is 4.98 Å². The first-order valence-electron chi connectivity index (χ1n) is 11.3. The summed E-state index contributed by atoms with van der Waals surface area (Å²) >= 11 is 0. The van der Waals surface area contributed by atoms with Crippen LogP contribution in [0.4, 0.5) is 10.1 Å². The molecular weight excluding hydrogens is 423 g/mol. The molecule has 3 aromatic rings. The Morgan fingerprint density at radius 1 is 1.27 bits per heavy atom. The molecule has 0 radical (unpaired) electrons. The van der Waals surface area contributed by atoms with Crippen LogP contribution >= 0.6 is 0 Å². The lowest BCUT2D eigenvalue weighted by Crippen LogP contribution is -2.43. The number of hydrogen-bond acceptors (Lipinski definition) is 7. The molecule has 1 amide bonds. The average molecular weight is 451 g/mol. The number of aromatic nitrogens is 3. The molecule has 0 spiro atoms. The Bertz CT molecular complexity index is 1150. The number of halogens is 1. The Balaban J connectivity index is 1.28. The van der Waals surface area contributed by atoms with E-state index in [2.05, 4.69) is 42.8 Å². The van der Waals surface area contributed by atoms with Crippen LogP contribution < -0.4 is 15.5 Å². The molecule has 1 aromatic carbocycles. The lowest BCUT2D eigenvalue weighted by atomic mass is 9.99. The summed E-state index contributed by atoms with van der Waals surface area (Å²) in [6.45, 7) is 5.65. The van der Waals surface area contributed by atoms with Gasteiger partial charge in [0.1, 0.15) is 6.67 Å². The fourth-order valence-corrected chi connectivity index (χ4v) is 4.20. The minimum Gasteiger partial charge on any atom is -0.367 e. The van der Waals surface area contributed by atoms with Crippen molar-refractivity contribution < 1.29 is 13.7 Å². The van der Waals surface area contributed by atoms with Crippen LogP contribution in [0.3, 0.4) is 0 Å². The maximum atomic E-state index is 13.2. The molecule has 1 aliphatic carbocycles.